The fraction of sp³-hybridized carbons (Fsp3) is 0.156. The predicted molar refractivity (Wildman–Crippen MR) is 150 cm³/mol. The fourth-order valence-electron chi connectivity index (χ4n) is 6.73. The topological polar surface area (TPSA) is 66.5 Å². The summed E-state index contributed by atoms with van der Waals surface area (Å²) in [5.74, 6) is -1.53. The lowest BCUT2D eigenvalue weighted by molar-refractivity contribution is -0.121. The Bertz CT molecular complexity index is 1640. The molecule has 1 saturated heterocycles. The second-order valence-corrected chi connectivity index (χ2v) is 11.0. The molecular weight excluding hydrogens is 492 g/mol. The molecule has 1 spiro atoms. The number of fused-ring (bicyclic) bond motifs is 6. The Morgan fingerprint density at radius 2 is 1.61 bits per heavy atom. The molecule has 0 saturated carbocycles. The highest BCUT2D eigenvalue weighted by atomic mass is 32.1. The molecule has 0 radical (unpaired) electrons. The van der Waals surface area contributed by atoms with E-state index >= 15 is 0 Å². The first kappa shape index (κ1) is 22.9. The standard InChI is InChI=1S/C32H24N2O3S/c1-19-18-26-32(22-13-6-7-14-23(22)33-31(32)37)27(29(35)20-10-3-2-4-11-20)28(30(36)25-16-9-17-38-25)34(26)24-15-8-5-12-21(19)24/h2-18,26-28H,1H3,(H,33,37)/t26-,27+,28+,32-/m1/s1. The molecule has 3 aliphatic rings. The molecule has 4 aromatic rings. The first-order valence-corrected chi connectivity index (χ1v) is 13.6. The van der Waals surface area contributed by atoms with Crippen molar-refractivity contribution in [2.45, 2.75) is 24.4 Å². The van der Waals surface area contributed by atoms with Crippen LogP contribution >= 0.6 is 11.3 Å². The summed E-state index contributed by atoms with van der Waals surface area (Å²) in [4.78, 5) is 46.0. The number of hydrogen-bond donors (Lipinski definition) is 1. The summed E-state index contributed by atoms with van der Waals surface area (Å²) in [7, 11) is 0. The molecule has 7 rings (SSSR count). The van der Waals surface area contributed by atoms with Crippen molar-refractivity contribution >= 4 is 45.8 Å². The highest BCUT2D eigenvalue weighted by Crippen LogP contribution is 2.58. The zero-order valence-electron chi connectivity index (χ0n) is 20.6. The normalized spacial score (nSPS) is 24.9. The number of amides is 1. The number of ketones is 2. The molecule has 6 heteroatoms. The Morgan fingerprint density at radius 3 is 2.39 bits per heavy atom. The fourth-order valence-corrected chi connectivity index (χ4v) is 7.43. The van der Waals surface area contributed by atoms with Gasteiger partial charge in [0.05, 0.1) is 16.8 Å². The third-order valence-corrected chi connectivity index (χ3v) is 9.14. The van der Waals surface area contributed by atoms with Gasteiger partial charge >= 0.3 is 0 Å². The van der Waals surface area contributed by atoms with Crippen LogP contribution in [0, 0.1) is 5.92 Å². The van der Waals surface area contributed by atoms with Crippen LogP contribution < -0.4 is 10.2 Å². The lowest BCUT2D eigenvalue weighted by Crippen LogP contribution is -2.51. The molecule has 3 aliphatic heterocycles. The molecule has 0 bridgehead atoms. The van der Waals surface area contributed by atoms with E-state index in [2.05, 4.69) is 16.3 Å². The quantitative estimate of drug-likeness (QED) is 0.338. The Hall–Kier alpha value is -4.29. The average Bonchev–Trinajstić information content (AvgIpc) is 3.66. The minimum atomic E-state index is -1.28. The van der Waals surface area contributed by atoms with Gasteiger partial charge in [-0.2, -0.15) is 0 Å². The van der Waals surface area contributed by atoms with Crippen molar-refractivity contribution in [2.24, 2.45) is 5.92 Å². The van der Waals surface area contributed by atoms with E-state index in [0.717, 1.165) is 22.4 Å². The van der Waals surface area contributed by atoms with E-state index in [1.165, 1.54) is 11.3 Å². The van der Waals surface area contributed by atoms with Crippen LogP contribution in [0.5, 0.6) is 0 Å². The number of thiophene rings is 1. The number of hydrogen-bond acceptors (Lipinski definition) is 5. The van der Waals surface area contributed by atoms with Crippen molar-refractivity contribution in [1.29, 1.82) is 0 Å². The van der Waals surface area contributed by atoms with Crippen molar-refractivity contribution in [2.75, 3.05) is 10.2 Å². The van der Waals surface area contributed by atoms with E-state index in [1.807, 2.05) is 85.1 Å². The Labute approximate surface area is 224 Å². The first-order chi connectivity index (χ1) is 18.5. The van der Waals surface area contributed by atoms with Gasteiger partial charge in [0.1, 0.15) is 11.5 Å². The van der Waals surface area contributed by atoms with Gasteiger partial charge in [0.25, 0.3) is 0 Å². The molecule has 1 fully saturated rings. The number of rotatable bonds is 4. The van der Waals surface area contributed by atoms with Crippen LogP contribution in [0.4, 0.5) is 11.4 Å². The molecule has 1 aromatic heterocycles. The Balaban J connectivity index is 1.57. The third-order valence-electron chi connectivity index (χ3n) is 8.26. The molecule has 0 unspecified atom stereocenters. The van der Waals surface area contributed by atoms with Crippen molar-refractivity contribution in [1.82, 2.24) is 0 Å². The van der Waals surface area contributed by atoms with Gasteiger partial charge in [-0.15, -0.1) is 11.3 Å². The minimum Gasteiger partial charge on any atom is -0.352 e. The van der Waals surface area contributed by atoms with Gasteiger partial charge in [-0.05, 0) is 41.6 Å². The number of para-hydroxylation sites is 2. The van der Waals surface area contributed by atoms with E-state index in [1.54, 1.807) is 18.2 Å². The Kier molecular flexibility index (Phi) is 5.03. The van der Waals surface area contributed by atoms with Gasteiger partial charge in [0, 0.05) is 22.5 Å². The van der Waals surface area contributed by atoms with Crippen LogP contribution in [0.1, 0.15) is 38.1 Å². The number of carbonyl (C=O) groups excluding carboxylic acids is 3. The SMILES string of the molecule is CC1=C[C@H]2N(c3ccccc31)[C@H](C(=O)c1cccs1)[C@@H](C(=O)c1ccccc1)[C@]21C(=O)Nc2ccccc21. The zero-order chi connectivity index (χ0) is 26.0. The summed E-state index contributed by atoms with van der Waals surface area (Å²) >= 11 is 1.36. The smallest absolute Gasteiger partial charge is 0.238 e. The van der Waals surface area contributed by atoms with Crippen LogP contribution in [0.25, 0.3) is 5.57 Å². The largest absolute Gasteiger partial charge is 0.352 e. The van der Waals surface area contributed by atoms with Crippen LogP contribution in [-0.2, 0) is 10.2 Å². The summed E-state index contributed by atoms with van der Waals surface area (Å²) in [5.41, 5.74) is 3.56. The monoisotopic (exact) mass is 516 g/mol. The number of Topliss-reactive ketones (excluding diaryl/α,β-unsaturated/α-hetero) is 2. The van der Waals surface area contributed by atoms with E-state index < -0.39 is 23.4 Å². The lowest BCUT2D eigenvalue weighted by Gasteiger charge is -2.39. The molecule has 38 heavy (non-hydrogen) atoms. The maximum atomic E-state index is 14.6. The summed E-state index contributed by atoms with van der Waals surface area (Å²) in [6.07, 6.45) is 2.08. The first-order valence-electron chi connectivity index (χ1n) is 12.7. The molecule has 186 valence electrons. The highest BCUT2D eigenvalue weighted by Gasteiger charge is 2.70. The number of anilines is 2. The minimum absolute atomic E-state index is 0.143. The average molecular weight is 517 g/mol. The van der Waals surface area contributed by atoms with Crippen molar-refractivity contribution < 1.29 is 14.4 Å². The maximum Gasteiger partial charge on any atom is 0.238 e. The summed E-state index contributed by atoms with van der Waals surface area (Å²) in [6.45, 7) is 2.03. The molecule has 4 heterocycles. The van der Waals surface area contributed by atoms with Gasteiger partial charge in [-0.1, -0.05) is 78.9 Å². The van der Waals surface area contributed by atoms with Crippen LogP contribution in [0.3, 0.4) is 0 Å². The molecule has 3 aromatic carbocycles. The molecular formula is C32H24N2O3S. The number of benzene rings is 3. The number of nitrogens with one attached hydrogen (secondary N) is 1. The van der Waals surface area contributed by atoms with Gasteiger partial charge < -0.3 is 10.2 Å². The Morgan fingerprint density at radius 1 is 0.868 bits per heavy atom. The second-order valence-electron chi connectivity index (χ2n) is 10.1. The van der Waals surface area contributed by atoms with Crippen LogP contribution in [-0.4, -0.2) is 29.6 Å². The summed E-state index contributed by atoms with van der Waals surface area (Å²) in [5, 5.41) is 4.95. The summed E-state index contributed by atoms with van der Waals surface area (Å²) < 4.78 is 0. The predicted octanol–water partition coefficient (Wildman–Crippen LogP) is 5.99. The van der Waals surface area contributed by atoms with Gasteiger partial charge in [0.2, 0.25) is 5.91 Å². The van der Waals surface area contributed by atoms with Crippen LogP contribution in [0.2, 0.25) is 0 Å². The van der Waals surface area contributed by atoms with Crippen molar-refractivity contribution in [3.8, 4) is 0 Å². The second kappa shape index (κ2) is 8.36. The molecule has 1 N–H and O–H groups in total. The highest BCUT2D eigenvalue weighted by molar-refractivity contribution is 7.12. The van der Waals surface area contributed by atoms with E-state index in [9.17, 15) is 14.4 Å². The van der Waals surface area contributed by atoms with Crippen molar-refractivity contribution in [3.63, 3.8) is 0 Å². The number of allylic oxidation sites excluding steroid dienone is 1. The van der Waals surface area contributed by atoms with Gasteiger partial charge in [-0.25, -0.2) is 0 Å². The number of carbonyl (C=O) groups is 3. The molecule has 5 nitrogen and oxygen atoms in total. The zero-order valence-corrected chi connectivity index (χ0v) is 21.4. The lowest BCUT2D eigenvalue weighted by atomic mass is 9.64. The van der Waals surface area contributed by atoms with Crippen molar-refractivity contribution in [3.05, 3.63) is 124 Å². The molecule has 4 atom stereocenters. The van der Waals surface area contributed by atoms with Gasteiger partial charge in [0.15, 0.2) is 11.6 Å². The van der Waals surface area contributed by atoms with Gasteiger partial charge in [-0.3, -0.25) is 14.4 Å². The van der Waals surface area contributed by atoms with Crippen LogP contribution in [0.15, 0.2) is 102 Å². The summed E-state index contributed by atoms with van der Waals surface area (Å²) in [6, 6.07) is 26.8. The molecule has 1 amide bonds. The molecule has 0 aliphatic carbocycles. The van der Waals surface area contributed by atoms with E-state index in [4.69, 9.17) is 0 Å². The van der Waals surface area contributed by atoms with E-state index in [0.29, 0.717) is 16.1 Å². The third kappa shape index (κ3) is 2.95. The maximum absolute atomic E-state index is 14.6. The van der Waals surface area contributed by atoms with E-state index in [-0.39, 0.29) is 17.5 Å². The number of nitrogens with zero attached hydrogens (tertiary/aromatic N) is 1.